The van der Waals surface area contributed by atoms with Crippen LogP contribution in [-0.2, 0) is 0 Å². The molecule has 0 amide bonds. The van der Waals surface area contributed by atoms with Crippen molar-refractivity contribution in [2.75, 3.05) is 0 Å². The highest BCUT2D eigenvalue weighted by Gasteiger charge is 2.10. The Balaban J connectivity index is 2.02. The van der Waals surface area contributed by atoms with E-state index in [9.17, 15) is 0 Å². The molecular formula is C11H8N4OS2. The van der Waals surface area contributed by atoms with Crippen LogP contribution in [0.25, 0.3) is 11.6 Å². The van der Waals surface area contributed by atoms with E-state index < -0.39 is 0 Å². The fraction of sp³-hybridized carbons (Fsp3) is 0. The molecule has 3 heterocycles. The first-order valence-corrected chi connectivity index (χ1v) is 6.42. The van der Waals surface area contributed by atoms with E-state index in [-0.39, 0.29) is 0 Å². The normalized spacial score (nSPS) is 11.3. The van der Waals surface area contributed by atoms with Crippen LogP contribution in [0.2, 0.25) is 0 Å². The summed E-state index contributed by atoms with van der Waals surface area (Å²) in [7, 11) is 0. The summed E-state index contributed by atoms with van der Waals surface area (Å²) in [4.78, 5) is 1.04. The Morgan fingerprint density at radius 1 is 1.44 bits per heavy atom. The first kappa shape index (κ1) is 11.1. The largest absolute Gasteiger partial charge is 0.461 e. The first-order chi connectivity index (χ1) is 8.84. The molecule has 0 bridgehead atoms. The lowest BCUT2D eigenvalue weighted by Crippen LogP contribution is -1.93. The van der Waals surface area contributed by atoms with Gasteiger partial charge in [-0.15, -0.1) is 16.4 Å². The van der Waals surface area contributed by atoms with Crippen molar-refractivity contribution < 1.29 is 4.42 Å². The monoisotopic (exact) mass is 276 g/mol. The molecule has 3 rings (SSSR count). The number of furan rings is 1. The quantitative estimate of drug-likeness (QED) is 0.590. The molecule has 0 aliphatic carbocycles. The van der Waals surface area contributed by atoms with Gasteiger partial charge in [0.15, 0.2) is 5.76 Å². The summed E-state index contributed by atoms with van der Waals surface area (Å²) >= 11 is 6.74. The molecule has 0 radical (unpaired) electrons. The van der Waals surface area contributed by atoms with E-state index in [4.69, 9.17) is 16.6 Å². The van der Waals surface area contributed by atoms with E-state index in [1.54, 1.807) is 29.9 Å². The van der Waals surface area contributed by atoms with Gasteiger partial charge in [0, 0.05) is 4.88 Å². The van der Waals surface area contributed by atoms with Gasteiger partial charge in [0.1, 0.15) is 0 Å². The molecule has 90 valence electrons. The van der Waals surface area contributed by atoms with Crippen molar-refractivity contribution in [2.45, 2.75) is 0 Å². The Morgan fingerprint density at radius 3 is 3.11 bits per heavy atom. The van der Waals surface area contributed by atoms with Gasteiger partial charge in [0.05, 0.1) is 12.5 Å². The third kappa shape index (κ3) is 2.05. The van der Waals surface area contributed by atoms with Crippen LogP contribution < -0.4 is 0 Å². The molecule has 0 aliphatic rings. The SMILES string of the molecule is S=c1[nH]nc(-c2ccco2)n1N=Cc1cccs1. The molecule has 18 heavy (non-hydrogen) atoms. The lowest BCUT2D eigenvalue weighted by Gasteiger charge is -1.95. The summed E-state index contributed by atoms with van der Waals surface area (Å²) < 4.78 is 7.25. The molecule has 0 unspecified atom stereocenters. The summed E-state index contributed by atoms with van der Waals surface area (Å²) in [6, 6.07) is 7.54. The molecule has 0 spiro atoms. The topological polar surface area (TPSA) is 59.1 Å². The molecule has 0 saturated heterocycles. The molecule has 0 saturated carbocycles. The molecule has 1 N–H and O–H groups in total. The number of H-pyrrole nitrogens is 1. The number of hydrogen-bond acceptors (Lipinski definition) is 5. The number of nitrogens with one attached hydrogen (secondary N) is 1. The van der Waals surface area contributed by atoms with Gasteiger partial charge in [-0.3, -0.25) is 0 Å². The van der Waals surface area contributed by atoms with Crippen molar-refractivity contribution in [3.63, 3.8) is 0 Å². The van der Waals surface area contributed by atoms with Crippen LogP contribution in [0.4, 0.5) is 0 Å². The molecule has 7 heteroatoms. The van der Waals surface area contributed by atoms with Crippen molar-refractivity contribution in [1.29, 1.82) is 0 Å². The first-order valence-electron chi connectivity index (χ1n) is 5.14. The Morgan fingerprint density at radius 2 is 2.39 bits per heavy atom. The van der Waals surface area contributed by atoms with Gasteiger partial charge >= 0.3 is 0 Å². The molecule has 3 aromatic heterocycles. The Kier molecular flexibility index (Phi) is 2.91. The molecule has 0 fully saturated rings. The highest BCUT2D eigenvalue weighted by atomic mass is 32.1. The third-order valence-electron chi connectivity index (χ3n) is 2.24. The minimum absolute atomic E-state index is 0.425. The second-order valence-electron chi connectivity index (χ2n) is 3.40. The predicted octanol–water partition coefficient (Wildman–Crippen LogP) is 3.14. The van der Waals surface area contributed by atoms with Crippen molar-refractivity contribution >= 4 is 29.8 Å². The van der Waals surface area contributed by atoms with Crippen LogP contribution in [0, 0.1) is 4.77 Å². The van der Waals surface area contributed by atoms with Gasteiger partial charge in [-0.05, 0) is 35.8 Å². The number of nitrogens with zero attached hydrogens (tertiary/aromatic N) is 3. The smallest absolute Gasteiger partial charge is 0.219 e. The zero-order valence-corrected chi connectivity index (χ0v) is 10.7. The van der Waals surface area contributed by atoms with E-state index in [2.05, 4.69) is 15.3 Å². The standard InChI is InChI=1S/C11H8N4OS2/c17-11-14-13-10(9-4-1-5-16-9)15(11)12-7-8-3-2-6-18-8/h1-7H,(H,14,17). The summed E-state index contributed by atoms with van der Waals surface area (Å²) in [6.07, 6.45) is 3.32. The molecule has 0 aliphatic heterocycles. The van der Waals surface area contributed by atoms with Gasteiger partial charge in [-0.2, -0.15) is 9.78 Å². The van der Waals surface area contributed by atoms with E-state index >= 15 is 0 Å². The number of aromatic nitrogens is 3. The summed E-state index contributed by atoms with van der Waals surface area (Å²) in [6.45, 7) is 0. The number of rotatable bonds is 3. The van der Waals surface area contributed by atoms with Crippen LogP contribution in [0.5, 0.6) is 0 Å². The van der Waals surface area contributed by atoms with Gasteiger partial charge < -0.3 is 4.42 Å². The van der Waals surface area contributed by atoms with Crippen LogP contribution in [0.15, 0.2) is 45.4 Å². The minimum Gasteiger partial charge on any atom is -0.461 e. The molecule has 0 atom stereocenters. The number of thiophene rings is 1. The van der Waals surface area contributed by atoms with Gasteiger partial charge in [0.25, 0.3) is 0 Å². The molecule has 3 aromatic rings. The summed E-state index contributed by atoms with van der Waals surface area (Å²) in [5.74, 6) is 1.17. The van der Waals surface area contributed by atoms with Crippen molar-refractivity contribution in [2.24, 2.45) is 5.10 Å². The highest BCUT2D eigenvalue weighted by Crippen LogP contribution is 2.17. The average Bonchev–Trinajstić information content (AvgIpc) is 3.08. The second kappa shape index (κ2) is 4.71. The minimum atomic E-state index is 0.425. The summed E-state index contributed by atoms with van der Waals surface area (Å²) in [5.41, 5.74) is 0. The zero-order chi connectivity index (χ0) is 12.4. The molecule has 0 aromatic carbocycles. The maximum Gasteiger partial charge on any atom is 0.219 e. The molecule has 5 nitrogen and oxygen atoms in total. The van der Waals surface area contributed by atoms with Crippen LogP contribution in [0.3, 0.4) is 0 Å². The van der Waals surface area contributed by atoms with Crippen molar-refractivity contribution in [3.8, 4) is 11.6 Å². The zero-order valence-electron chi connectivity index (χ0n) is 9.11. The fourth-order valence-electron chi connectivity index (χ4n) is 1.44. The number of aromatic amines is 1. The average molecular weight is 276 g/mol. The second-order valence-corrected chi connectivity index (χ2v) is 4.77. The van der Waals surface area contributed by atoms with Crippen LogP contribution >= 0.6 is 23.6 Å². The van der Waals surface area contributed by atoms with Crippen LogP contribution in [-0.4, -0.2) is 21.1 Å². The Bertz CT molecular complexity index is 707. The number of hydrogen-bond donors (Lipinski definition) is 1. The molecular weight excluding hydrogens is 268 g/mol. The van der Waals surface area contributed by atoms with Crippen LogP contribution in [0.1, 0.15) is 4.88 Å². The van der Waals surface area contributed by atoms with Gasteiger partial charge in [0.2, 0.25) is 10.6 Å². The predicted molar refractivity (Wildman–Crippen MR) is 72.4 cm³/mol. The van der Waals surface area contributed by atoms with E-state index in [0.717, 1.165) is 4.88 Å². The van der Waals surface area contributed by atoms with E-state index in [0.29, 0.717) is 16.4 Å². The van der Waals surface area contributed by atoms with Crippen molar-refractivity contribution in [1.82, 2.24) is 14.9 Å². The Labute approximate surface area is 111 Å². The van der Waals surface area contributed by atoms with E-state index in [1.807, 2.05) is 23.6 Å². The van der Waals surface area contributed by atoms with Gasteiger partial charge in [-0.25, -0.2) is 5.10 Å². The van der Waals surface area contributed by atoms with E-state index in [1.165, 1.54) is 4.68 Å². The Hall–Kier alpha value is -1.99. The maximum absolute atomic E-state index is 5.29. The highest BCUT2D eigenvalue weighted by molar-refractivity contribution is 7.71. The van der Waals surface area contributed by atoms with Gasteiger partial charge in [-0.1, -0.05) is 6.07 Å². The summed E-state index contributed by atoms with van der Waals surface area (Å²) in [5, 5.41) is 13.1. The van der Waals surface area contributed by atoms with Crippen molar-refractivity contribution in [3.05, 3.63) is 45.6 Å². The maximum atomic E-state index is 5.29. The lowest BCUT2D eigenvalue weighted by atomic mass is 10.4. The lowest BCUT2D eigenvalue weighted by molar-refractivity contribution is 0.573. The fourth-order valence-corrected chi connectivity index (χ4v) is 2.20. The third-order valence-corrected chi connectivity index (χ3v) is 3.31.